The molecule has 2 unspecified atom stereocenters. The minimum Gasteiger partial charge on any atom is -0.399 e. The second kappa shape index (κ2) is 5.22. The van der Waals surface area contributed by atoms with Gasteiger partial charge in [-0.1, -0.05) is 22.4 Å². The Morgan fingerprint density at radius 3 is 2.83 bits per heavy atom. The van der Waals surface area contributed by atoms with Gasteiger partial charge in [-0.15, -0.1) is 0 Å². The fourth-order valence-corrected chi connectivity index (χ4v) is 4.31. The topological polar surface area (TPSA) is 29.3 Å². The summed E-state index contributed by atoms with van der Waals surface area (Å²) in [5.41, 5.74) is 8.13. The normalized spacial score (nSPS) is 28.3. The Kier molecular flexibility index (Phi) is 3.62. The molecule has 3 heteroatoms. The quantitative estimate of drug-likeness (QED) is 0.842. The molecule has 1 aromatic carbocycles. The highest BCUT2D eigenvalue weighted by Gasteiger charge is 2.34. The first-order chi connectivity index (χ1) is 8.72. The van der Waals surface area contributed by atoms with E-state index in [0.29, 0.717) is 0 Å². The minimum atomic E-state index is 0.832. The highest BCUT2D eigenvalue weighted by molar-refractivity contribution is 9.10. The number of hydrogen-bond donors (Lipinski definition) is 1. The van der Waals surface area contributed by atoms with Gasteiger partial charge in [0, 0.05) is 22.7 Å². The van der Waals surface area contributed by atoms with Crippen LogP contribution < -0.4 is 5.73 Å². The van der Waals surface area contributed by atoms with Gasteiger partial charge in [0.05, 0.1) is 0 Å². The zero-order valence-electron chi connectivity index (χ0n) is 10.7. The summed E-state index contributed by atoms with van der Waals surface area (Å²) in [7, 11) is 0. The number of anilines is 1. The van der Waals surface area contributed by atoms with E-state index in [9.17, 15) is 0 Å². The van der Waals surface area contributed by atoms with Crippen LogP contribution >= 0.6 is 15.9 Å². The lowest BCUT2D eigenvalue weighted by molar-refractivity contribution is 0.106. The van der Waals surface area contributed by atoms with Crippen molar-refractivity contribution >= 4 is 21.6 Å². The molecule has 0 radical (unpaired) electrons. The van der Waals surface area contributed by atoms with Crippen LogP contribution in [0.25, 0.3) is 0 Å². The number of halogens is 1. The summed E-state index contributed by atoms with van der Waals surface area (Å²) in [6.07, 6.45) is 7.08. The Labute approximate surface area is 118 Å². The van der Waals surface area contributed by atoms with Crippen LogP contribution in [0.5, 0.6) is 0 Å². The summed E-state index contributed by atoms with van der Waals surface area (Å²) in [5.74, 6) is 0.961. The van der Waals surface area contributed by atoms with Gasteiger partial charge in [-0.25, -0.2) is 0 Å². The second-order valence-corrected chi connectivity index (χ2v) is 6.68. The summed E-state index contributed by atoms with van der Waals surface area (Å²) in [5, 5.41) is 0. The summed E-state index contributed by atoms with van der Waals surface area (Å²) < 4.78 is 1.09. The van der Waals surface area contributed by atoms with Crippen LogP contribution in [0.15, 0.2) is 22.7 Å². The van der Waals surface area contributed by atoms with E-state index in [4.69, 9.17) is 5.73 Å². The highest BCUT2D eigenvalue weighted by atomic mass is 79.9. The number of nitrogens with two attached hydrogens (primary N) is 1. The van der Waals surface area contributed by atoms with Gasteiger partial charge in [0.25, 0.3) is 0 Å². The summed E-state index contributed by atoms with van der Waals surface area (Å²) in [6.45, 7) is 2.32. The Morgan fingerprint density at radius 2 is 2.00 bits per heavy atom. The number of piperidine rings is 1. The van der Waals surface area contributed by atoms with Crippen molar-refractivity contribution in [2.45, 2.75) is 44.7 Å². The fourth-order valence-electron chi connectivity index (χ4n) is 3.75. The van der Waals surface area contributed by atoms with E-state index in [1.54, 1.807) is 0 Å². The second-order valence-electron chi connectivity index (χ2n) is 5.76. The first kappa shape index (κ1) is 12.5. The third-order valence-corrected chi connectivity index (χ3v) is 4.93. The molecule has 1 aliphatic carbocycles. The molecule has 2 nitrogen and oxygen atoms in total. The van der Waals surface area contributed by atoms with Crippen molar-refractivity contribution in [2.75, 3.05) is 12.3 Å². The maximum absolute atomic E-state index is 5.92. The lowest BCUT2D eigenvalue weighted by atomic mass is 9.91. The third-order valence-electron chi connectivity index (χ3n) is 4.47. The van der Waals surface area contributed by atoms with Crippen molar-refractivity contribution in [3.63, 3.8) is 0 Å². The van der Waals surface area contributed by atoms with Crippen molar-refractivity contribution < 1.29 is 0 Å². The van der Waals surface area contributed by atoms with Crippen LogP contribution in [0.4, 0.5) is 5.69 Å². The zero-order chi connectivity index (χ0) is 12.5. The molecule has 98 valence electrons. The van der Waals surface area contributed by atoms with Crippen LogP contribution in [0.2, 0.25) is 0 Å². The largest absolute Gasteiger partial charge is 0.399 e. The van der Waals surface area contributed by atoms with Crippen molar-refractivity contribution in [3.8, 4) is 0 Å². The van der Waals surface area contributed by atoms with E-state index in [-0.39, 0.29) is 0 Å². The number of hydrogen-bond acceptors (Lipinski definition) is 2. The Balaban J connectivity index is 1.74. The first-order valence-electron chi connectivity index (χ1n) is 7.01. The van der Waals surface area contributed by atoms with E-state index in [1.807, 2.05) is 6.07 Å². The zero-order valence-corrected chi connectivity index (χ0v) is 12.3. The molecule has 2 atom stereocenters. The van der Waals surface area contributed by atoms with Crippen LogP contribution in [-0.2, 0) is 6.54 Å². The number of benzene rings is 1. The number of rotatable bonds is 2. The highest BCUT2D eigenvalue weighted by Crippen LogP contribution is 2.37. The van der Waals surface area contributed by atoms with Crippen LogP contribution in [0, 0.1) is 5.92 Å². The molecule has 2 aliphatic rings. The van der Waals surface area contributed by atoms with Gasteiger partial charge in [0.2, 0.25) is 0 Å². The molecule has 3 rings (SSSR count). The van der Waals surface area contributed by atoms with Crippen molar-refractivity contribution in [1.29, 1.82) is 0 Å². The minimum absolute atomic E-state index is 0.832. The number of fused-ring (bicyclic) bond motifs is 1. The SMILES string of the molecule is Nc1cc(Br)cc(CN2CCCC3CCCC32)c1. The van der Waals surface area contributed by atoms with E-state index in [2.05, 4.69) is 33.0 Å². The van der Waals surface area contributed by atoms with Gasteiger partial charge in [0.15, 0.2) is 0 Å². The Bertz CT molecular complexity index is 412. The van der Waals surface area contributed by atoms with Crippen LogP contribution in [-0.4, -0.2) is 17.5 Å². The summed E-state index contributed by atoms with van der Waals surface area (Å²) in [6, 6.07) is 7.12. The van der Waals surface area contributed by atoms with Crippen molar-refractivity contribution in [2.24, 2.45) is 5.92 Å². The molecule has 1 aliphatic heterocycles. The van der Waals surface area contributed by atoms with E-state index < -0.39 is 0 Å². The third kappa shape index (κ3) is 2.57. The average Bonchev–Trinajstić information content (AvgIpc) is 2.76. The molecule has 18 heavy (non-hydrogen) atoms. The van der Waals surface area contributed by atoms with Gasteiger partial charge in [-0.3, -0.25) is 4.90 Å². The maximum Gasteiger partial charge on any atom is 0.0328 e. The van der Waals surface area contributed by atoms with Gasteiger partial charge in [-0.05, 0) is 61.9 Å². The lowest BCUT2D eigenvalue weighted by Gasteiger charge is -2.37. The summed E-state index contributed by atoms with van der Waals surface area (Å²) >= 11 is 3.54. The van der Waals surface area contributed by atoms with Crippen molar-refractivity contribution in [1.82, 2.24) is 4.90 Å². The van der Waals surface area contributed by atoms with E-state index in [0.717, 1.165) is 28.7 Å². The number of likely N-dealkylation sites (tertiary alicyclic amines) is 1. The molecular formula is C15H21BrN2. The average molecular weight is 309 g/mol. The molecule has 2 N–H and O–H groups in total. The Hall–Kier alpha value is -0.540. The van der Waals surface area contributed by atoms with Gasteiger partial charge >= 0.3 is 0 Å². The number of nitrogen functional groups attached to an aromatic ring is 1. The standard InChI is InChI=1S/C15H21BrN2/c16-13-7-11(8-14(17)9-13)10-18-6-2-4-12-3-1-5-15(12)18/h7-9,12,15H,1-6,10,17H2. The molecule has 2 fully saturated rings. The summed E-state index contributed by atoms with van der Waals surface area (Å²) in [4.78, 5) is 2.68. The predicted octanol–water partition coefficient (Wildman–Crippen LogP) is 3.80. The molecule has 0 bridgehead atoms. The molecular weight excluding hydrogens is 288 g/mol. The smallest absolute Gasteiger partial charge is 0.0328 e. The monoisotopic (exact) mass is 308 g/mol. The lowest BCUT2D eigenvalue weighted by Crippen LogP contribution is -2.41. The number of nitrogens with zero attached hydrogens (tertiary/aromatic N) is 1. The molecule has 0 aromatic heterocycles. The van der Waals surface area contributed by atoms with Crippen molar-refractivity contribution in [3.05, 3.63) is 28.2 Å². The van der Waals surface area contributed by atoms with Gasteiger partial charge in [0.1, 0.15) is 0 Å². The Morgan fingerprint density at radius 1 is 1.17 bits per heavy atom. The van der Waals surface area contributed by atoms with Gasteiger partial charge < -0.3 is 5.73 Å². The molecule has 1 heterocycles. The van der Waals surface area contributed by atoms with Crippen LogP contribution in [0.1, 0.15) is 37.7 Å². The molecule has 1 saturated heterocycles. The molecule has 1 aromatic rings. The van der Waals surface area contributed by atoms with E-state index in [1.165, 1.54) is 44.2 Å². The molecule has 0 amide bonds. The van der Waals surface area contributed by atoms with E-state index >= 15 is 0 Å². The molecule has 1 saturated carbocycles. The molecule has 0 spiro atoms. The predicted molar refractivity (Wildman–Crippen MR) is 79.3 cm³/mol. The van der Waals surface area contributed by atoms with Crippen LogP contribution in [0.3, 0.4) is 0 Å². The first-order valence-corrected chi connectivity index (χ1v) is 7.80. The fraction of sp³-hybridized carbons (Fsp3) is 0.600. The maximum atomic E-state index is 5.92. The van der Waals surface area contributed by atoms with Gasteiger partial charge in [-0.2, -0.15) is 0 Å².